The zero-order valence-corrected chi connectivity index (χ0v) is 12.0. The minimum absolute atomic E-state index is 0.168. The van der Waals surface area contributed by atoms with E-state index in [1.807, 2.05) is 0 Å². The maximum absolute atomic E-state index is 12.3. The second kappa shape index (κ2) is 6.40. The van der Waals surface area contributed by atoms with Gasteiger partial charge in [-0.15, -0.1) is 0 Å². The summed E-state index contributed by atoms with van der Waals surface area (Å²) in [5.41, 5.74) is 2.78. The van der Waals surface area contributed by atoms with Gasteiger partial charge >= 0.3 is 0 Å². The van der Waals surface area contributed by atoms with Gasteiger partial charge in [0.15, 0.2) is 0 Å². The molecule has 1 saturated heterocycles. The number of carbonyl (C=O) groups is 1. The van der Waals surface area contributed by atoms with Crippen molar-refractivity contribution in [2.75, 3.05) is 13.1 Å². The van der Waals surface area contributed by atoms with Gasteiger partial charge in [-0.1, -0.05) is 24.3 Å². The number of nitrogens with one attached hydrogen (secondary N) is 2. The lowest BCUT2D eigenvalue weighted by atomic mass is 9.83. The second-order valence-electron chi connectivity index (χ2n) is 6.08. The molecule has 3 nitrogen and oxygen atoms in total. The number of hydrogen-bond donors (Lipinski definition) is 2. The molecule has 0 bridgehead atoms. The third-order valence-electron chi connectivity index (χ3n) is 4.67. The summed E-state index contributed by atoms with van der Waals surface area (Å²) in [5, 5.41) is 6.60. The predicted molar refractivity (Wildman–Crippen MR) is 80.6 cm³/mol. The SMILES string of the molecule is O=C(NCC[C@H]1CCCN1)C1CCc2ccccc2C1. The number of rotatable bonds is 4. The van der Waals surface area contributed by atoms with Gasteiger partial charge < -0.3 is 10.6 Å². The van der Waals surface area contributed by atoms with E-state index in [9.17, 15) is 4.79 Å². The first-order chi connectivity index (χ1) is 9.83. The van der Waals surface area contributed by atoms with Gasteiger partial charge in [0.1, 0.15) is 0 Å². The zero-order chi connectivity index (χ0) is 13.8. The first-order valence-electron chi connectivity index (χ1n) is 7.91. The monoisotopic (exact) mass is 272 g/mol. The van der Waals surface area contributed by atoms with E-state index in [1.54, 1.807) is 0 Å². The standard InChI is InChI=1S/C17H24N2O/c20-17(19-11-9-16-6-3-10-18-16)15-8-7-13-4-1-2-5-14(13)12-15/h1-2,4-5,15-16,18H,3,6-12H2,(H,19,20)/t15?,16-/m1/s1. The molecule has 1 fully saturated rings. The molecule has 20 heavy (non-hydrogen) atoms. The number of fused-ring (bicyclic) bond motifs is 1. The number of benzene rings is 1. The van der Waals surface area contributed by atoms with Gasteiger partial charge in [-0.05, 0) is 56.2 Å². The summed E-state index contributed by atoms with van der Waals surface area (Å²) in [7, 11) is 0. The van der Waals surface area contributed by atoms with Crippen molar-refractivity contribution in [2.24, 2.45) is 5.92 Å². The fourth-order valence-corrected chi connectivity index (χ4v) is 3.44. The summed E-state index contributed by atoms with van der Waals surface area (Å²) in [4.78, 5) is 12.3. The lowest BCUT2D eigenvalue weighted by Gasteiger charge is -2.24. The van der Waals surface area contributed by atoms with Crippen molar-refractivity contribution in [3.63, 3.8) is 0 Å². The highest BCUT2D eigenvalue weighted by Crippen LogP contribution is 2.25. The van der Waals surface area contributed by atoms with Crippen molar-refractivity contribution >= 4 is 5.91 Å². The van der Waals surface area contributed by atoms with Gasteiger partial charge in [0.2, 0.25) is 5.91 Å². The maximum Gasteiger partial charge on any atom is 0.223 e. The molecule has 1 aliphatic heterocycles. The van der Waals surface area contributed by atoms with Crippen LogP contribution >= 0.6 is 0 Å². The molecule has 0 aromatic heterocycles. The Hall–Kier alpha value is -1.35. The Balaban J connectivity index is 1.46. The van der Waals surface area contributed by atoms with Crippen molar-refractivity contribution < 1.29 is 4.79 Å². The molecule has 0 spiro atoms. The molecule has 1 unspecified atom stereocenters. The average Bonchev–Trinajstić information content (AvgIpc) is 3.00. The molecule has 1 aromatic carbocycles. The van der Waals surface area contributed by atoms with Crippen molar-refractivity contribution in [1.29, 1.82) is 0 Å². The molecule has 3 heteroatoms. The van der Waals surface area contributed by atoms with Gasteiger partial charge in [-0.3, -0.25) is 4.79 Å². The normalized spacial score (nSPS) is 25.2. The largest absolute Gasteiger partial charge is 0.356 e. The lowest BCUT2D eigenvalue weighted by Crippen LogP contribution is -2.36. The molecule has 1 aromatic rings. The Bertz CT molecular complexity index is 466. The molecule has 0 saturated carbocycles. The molecule has 2 aliphatic rings. The molecular formula is C17H24N2O. The van der Waals surface area contributed by atoms with Crippen LogP contribution in [0.2, 0.25) is 0 Å². The van der Waals surface area contributed by atoms with Gasteiger partial charge in [0.05, 0.1) is 0 Å². The van der Waals surface area contributed by atoms with E-state index < -0.39 is 0 Å². The van der Waals surface area contributed by atoms with Crippen molar-refractivity contribution in [1.82, 2.24) is 10.6 Å². The van der Waals surface area contributed by atoms with Crippen LogP contribution in [0.15, 0.2) is 24.3 Å². The quantitative estimate of drug-likeness (QED) is 0.881. The highest BCUT2D eigenvalue weighted by molar-refractivity contribution is 5.79. The summed E-state index contributed by atoms with van der Waals surface area (Å²) in [5.74, 6) is 0.416. The lowest BCUT2D eigenvalue weighted by molar-refractivity contribution is -0.125. The molecule has 1 heterocycles. The van der Waals surface area contributed by atoms with E-state index in [1.165, 1.54) is 24.0 Å². The van der Waals surface area contributed by atoms with E-state index in [2.05, 4.69) is 34.9 Å². The third-order valence-corrected chi connectivity index (χ3v) is 4.67. The average molecular weight is 272 g/mol. The Morgan fingerprint density at radius 2 is 2.10 bits per heavy atom. The summed E-state index contributed by atoms with van der Waals surface area (Å²) < 4.78 is 0. The summed E-state index contributed by atoms with van der Waals surface area (Å²) in [6.07, 6.45) is 6.53. The fourth-order valence-electron chi connectivity index (χ4n) is 3.44. The first-order valence-corrected chi connectivity index (χ1v) is 7.91. The number of carbonyl (C=O) groups excluding carboxylic acids is 1. The van der Waals surface area contributed by atoms with E-state index in [-0.39, 0.29) is 11.8 Å². The van der Waals surface area contributed by atoms with Gasteiger partial charge in [0.25, 0.3) is 0 Å². The Morgan fingerprint density at radius 1 is 1.25 bits per heavy atom. The van der Waals surface area contributed by atoms with Gasteiger partial charge in [0, 0.05) is 18.5 Å². The Labute approximate surface area is 121 Å². The minimum atomic E-state index is 0.168. The van der Waals surface area contributed by atoms with Crippen LogP contribution < -0.4 is 10.6 Å². The second-order valence-corrected chi connectivity index (χ2v) is 6.08. The van der Waals surface area contributed by atoms with E-state index in [4.69, 9.17) is 0 Å². The zero-order valence-electron chi connectivity index (χ0n) is 12.0. The first kappa shape index (κ1) is 13.6. The van der Waals surface area contributed by atoms with Crippen molar-refractivity contribution in [3.05, 3.63) is 35.4 Å². The summed E-state index contributed by atoms with van der Waals surface area (Å²) in [6.45, 7) is 1.95. The molecule has 1 amide bonds. The number of hydrogen-bond acceptors (Lipinski definition) is 2. The summed E-state index contributed by atoms with van der Waals surface area (Å²) >= 11 is 0. The third kappa shape index (κ3) is 3.21. The minimum Gasteiger partial charge on any atom is -0.356 e. The number of aryl methyl sites for hydroxylation is 1. The van der Waals surface area contributed by atoms with E-state index in [0.717, 1.165) is 38.8 Å². The molecule has 108 valence electrons. The van der Waals surface area contributed by atoms with Crippen LogP contribution in [-0.4, -0.2) is 25.0 Å². The topological polar surface area (TPSA) is 41.1 Å². The van der Waals surface area contributed by atoms with E-state index >= 15 is 0 Å². The van der Waals surface area contributed by atoms with Crippen LogP contribution in [0.5, 0.6) is 0 Å². The predicted octanol–water partition coefficient (Wildman–Crippen LogP) is 2.05. The Morgan fingerprint density at radius 3 is 2.90 bits per heavy atom. The molecule has 2 N–H and O–H groups in total. The molecular weight excluding hydrogens is 248 g/mol. The maximum atomic E-state index is 12.3. The fraction of sp³-hybridized carbons (Fsp3) is 0.588. The Kier molecular flexibility index (Phi) is 4.36. The number of amides is 1. The van der Waals surface area contributed by atoms with Gasteiger partial charge in [-0.25, -0.2) is 0 Å². The van der Waals surface area contributed by atoms with Crippen LogP contribution in [0.25, 0.3) is 0 Å². The molecule has 2 atom stereocenters. The van der Waals surface area contributed by atoms with Crippen molar-refractivity contribution in [3.8, 4) is 0 Å². The van der Waals surface area contributed by atoms with Crippen LogP contribution in [-0.2, 0) is 17.6 Å². The summed E-state index contributed by atoms with van der Waals surface area (Å²) in [6, 6.07) is 9.13. The molecule has 1 aliphatic carbocycles. The van der Waals surface area contributed by atoms with Crippen LogP contribution in [0.1, 0.15) is 36.8 Å². The van der Waals surface area contributed by atoms with E-state index in [0.29, 0.717) is 6.04 Å². The van der Waals surface area contributed by atoms with Crippen LogP contribution in [0, 0.1) is 5.92 Å². The van der Waals surface area contributed by atoms with Crippen LogP contribution in [0.4, 0.5) is 0 Å². The van der Waals surface area contributed by atoms with Crippen molar-refractivity contribution in [2.45, 2.75) is 44.6 Å². The smallest absolute Gasteiger partial charge is 0.223 e. The van der Waals surface area contributed by atoms with Crippen LogP contribution in [0.3, 0.4) is 0 Å². The highest BCUT2D eigenvalue weighted by atomic mass is 16.1. The molecule has 0 radical (unpaired) electrons. The highest BCUT2D eigenvalue weighted by Gasteiger charge is 2.24. The van der Waals surface area contributed by atoms with Gasteiger partial charge in [-0.2, -0.15) is 0 Å². The molecule has 3 rings (SSSR count).